The molecule has 5 nitrogen and oxygen atoms in total. The lowest BCUT2D eigenvalue weighted by molar-refractivity contribution is -0.0208. The van der Waals surface area contributed by atoms with E-state index in [-0.39, 0.29) is 17.6 Å². The number of nitrogens with one attached hydrogen (secondary N) is 2. The van der Waals surface area contributed by atoms with Crippen molar-refractivity contribution in [1.29, 1.82) is 0 Å². The minimum Gasteiger partial charge on any atom is -0.338 e. The van der Waals surface area contributed by atoms with Crippen LogP contribution >= 0.6 is 0 Å². The van der Waals surface area contributed by atoms with Crippen molar-refractivity contribution < 1.29 is 14.0 Å². The molecule has 0 radical (unpaired) electrons. The van der Waals surface area contributed by atoms with Crippen LogP contribution < -0.4 is 10.6 Å². The van der Waals surface area contributed by atoms with Gasteiger partial charge in [0.2, 0.25) is 0 Å². The number of benzene rings is 2. The highest BCUT2D eigenvalue weighted by Gasteiger charge is 2.44. The zero-order valence-corrected chi connectivity index (χ0v) is 18.7. The molecule has 0 unspecified atom stereocenters. The minimum absolute atomic E-state index is 0.0258. The van der Waals surface area contributed by atoms with Crippen LogP contribution in [0.4, 0.5) is 14.9 Å². The van der Waals surface area contributed by atoms with Crippen molar-refractivity contribution in [3.8, 4) is 0 Å². The van der Waals surface area contributed by atoms with Crippen LogP contribution in [-0.2, 0) is 6.42 Å². The molecule has 1 aliphatic carbocycles. The first kappa shape index (κ1) is 22.5. The fourth-order valence-electron chi connectivity index (χ4n) is 5.30. The van der Waals surface area contributed by atoms with Crippen molar-refractivity contribution >= 4 is 17.5 Å². The number of fused-ring (bicyclic) bond motifs is 3. The highest BCUT2D eigenvalue weighted by atomic mass is 19.1. The second-order valence-electron chi connectivity index (χ2n) is 9.38. The van der Waals surface area contributed by atoms with E-state index in [2.05, 4.69) is 15.5 Å². The van der Waals surface area contributed by atoms with Crippen LogP contribution in [0, 0.1) is 11.2 Å². The van der Waals surface area contributed by atoms with Crippen molar-refractivity contribution in [3.05, 3.63) is 65.5 Å². The van der Waals surface area contributed by atoms with E-state index in [9.17, 15) is 14.0 Å². The minimum atomic E-state index is -0.251. The van der Waals surface area contributed by atoms with E-state index in [1.54, 1.807) is 36.4 Å². The first-order chi connectivity index (χ1) is 15.4. The number of urea groups is 1. The summed E-state index contributed by atoms with van der Waals surface area (Å²) < 4.78 is 13.3. The molecule has 3 aliphatic rings. The van der Waals surface area contributed by atoms with Gasteiger partial charge in [-0.05, 0) is 80.7 Å². The summed E-state index contributed by atoms with van der Waals surface area (Å²) in [5.41, 5.74) is 2.71. The predicted octanol–water partition coefficient (Wildman–Crippen LogP) is 5.03. The van der Waals surface area contributed by atoms with E-state index in [0.717, 1.165) is 25.9 Å². The van der Waals surface area contributed by atoms with E-state index in [0.29, 0.717) is 29.3 Å². The van der Waals surface area contributed by atoms with Crippen molar-refractivity contribution in [1.82, 2.24) is 10.2 Å². The molecule has 2 aromatic rings. The Kier molecular flexibility index (Phi) is 6.89. The number of carbonyl (C=O) groups is 2. The Balaban J connectivity index is 1.23. The van der Waals surface area contributed by atoms with Gasteiger partial charge in [0.1, 0.15) is 5.82 Å². The van der Waals surface area contributed by atoms with Gasteiger partial charge in [-0.3, -0.25) is 9.69 Å². The molecule has 0 spiro atoms. The fourth-order valence-corrected chi connectivity index (χ4v) is 5.30. The molecular weight excluding hydrogens is 405 g/mol. The number of rotatable bonds is 8. The lowest BCUT2D eigenvalue weighted by atomic mass is 9.65. The number of hydrogen-bond acceptors (Lipinski definition) is 3. The third kappa shape index (κ3) is 5.54. The first-order valence-corrected chi connectivity index (χ1v) is 11.6. The van der Waals surface area contributed by atoms with Gasteiger partial charge in [0, 0.05) is 36.9 Å². The quantitative estimate of drug-likeness (QED) is 0.450. The Hall–Kier alpha value is -2.73. The molecule has 2 aromatic carbocycles. The molecular formula is C26H32FN3O2. The Morgan fingerprint density at radius 2 is 1.88 bits per heavy atom. The predicted molar refractivity (Wildman–Crippen MR) is 124 cm³/mol. The summed E-state index contributed by atoms with van der Waals surface area (Å²) in [5, 5.41) is 5.72. The van der Waals surface area contributed by atoms with Crippen LogP contribution in [0.15, 0.2) is 48.5 Å². The number of ketones is 1. The lowest BCUT2D eigenvalue weighted by Crippen LogP contribution is -2.55. The van der Waals surface area contributed by atoms with Crippen LogP contribution in [-0.4, -0.2) is 42.4 Å². The second-order valence-corrected chi connectivity index (χ2v) is 9.38. The van der Waals surface area contributed by atoms with Gasteiger partial charge in [-0.15, -0.1) is 0 Å². The maximum absolute atomic E-state index is 13.3. The van der Waals surface area contributed by atoms with E-state index in [4.69, 9.17) is 0 Å². The highest BCUT2D eigenvalue weighted by Crippen LogP contribution is 2.46. The summed E-state index contributed by atoms with van der Waals surface area (Å²) in [4.78, 5) is 26.3. The van der Waals surface area contributed by atoms with Crippen molar-refractivity contribution in [2.75, 3.05) is 25.0 Å². The Labute approximate surface area is 189 Å². The van der Waals surface area contributed by atoms with Gasteiger partial charge >= 0.3 is 6.03 Å². The largest absolute Gasteiger partial charge is 0.338 e. The number of Topliss-reactive ketones (excluding diaryl/α,β-unsaturated/α-hetero) is 1. The molecule has 3 fully saturated rings. The Morgan fingerprint density at radius 1 is 1.12 bits per heavy atom. The molecule has 2 N–H and O–H groups in total. The number of halogens is 1. The number of carbonyl (C=O) groups excluding carboxylic acids is 2. The van der Waals surface area contributed by atoms with Crippen LogP contribution in [0.1, 0.15) is 54.9 Å². The molecule has 6 heteroatoms. The fraction of sp³-hybridized carbons (Fsp3) is 0.462. The van der Waals surface area contributed by atoms with E-state index in [1.807, 2.05) is 12.1 Å². The molecule has 2 heterocycles. The topological polar surface area (TPSA) is 61.4 Å². The summed E-state index contributed by atoms with van der Waals surface area (Å²) in [7, 11) is 0. The Bertz CT molecular complexity index is 952. The zero-order valence-electron chi connectivity index (χ0n) is 18.7. The van der Waals surface area contributed by atoms with Gasteiger partial charge in [0.25, 0.3) is 0 Å². The van der Waals surface area contributed by atoms with E-state index in [1.165, 1.54) is 38.2 Å². The number of hydrogen-bond donors (Lipinski definition) is 2. The number of nitrogens with zero attached hydrogens (tertiary/aromatic N) is 1. The monoisotopic (exact) mass is 437 g/mol. The SMILES string of the molecule is CC(=O)c1cccc(NC(=O)NCCCN2CC3(Cc4ccc(F)cc4)CCC2CC3)c1. The third-order valence-corrected chi connectivity index (χ3v) is 7.00. The molecule has 0 atom stereocenters. The lowest BCUT2D eigenvalue weighted by Gasteiger charge is -2.53. The van der Waals surface area contributed by atoms with Gasteiger partial charge in [-0.2, -0.15) is 0 Å². The summed E-state index contributed by atoms with van der Waals surface area (Å²) in [6, 6.07) is 14.3. The highest BCUT2D eigenvalue weighted by molar-refractivity contribution is 5.96. The molecule has 2 aliphatic heterocycles. The Morgan fingerprint density at radius 3 is 2.59 bits per heavy atom. The van der Waals surface area contributed by atoms with E-state index >= 15 is 0 Å². The molecule has 2 saturated heterocycles. The molecule has 170 valence electrons. The van der Waals surface area contributed by atoms with Crippen molar-refractivity contribution in [2.24, 2.45) is 5.41 Å². The van der Waals surface area contributed by atoms with Crippen molar-refractivity contribution in [3.63, 3.8) is 0 Å². The van der Waals surface area contributed by atoms with Crippen LogP contribution in [0.5, 0.6) is 0 Å². The van der Waals surface area contributed by atoms with Crippen LogP contribution in [0.3, 0.4) is 0 Å². The van der Waals surface area contributed by atoms with Crippen molar-refractivity contribution in [2.45, 2.75) is 51.5 Å². The number of amides is 2. The first-order valence-electron chi connectivity index (χ1n) is 11.6. The molecule has 0 aromatic heterocycles. The third-order valence-electron chi connectivity index (χ3n) is 7.00. The molecule has 2 amide bonds. The molecule has 2 bridgehead atoms. The standard InChI is InChI=1S/C26H32FN3O2/c1-19(31)21-4-2-5-23(16-21)29-25(32)28-14-3-15-30-18-26(12-10-24(30)11-13-26)17-20-6-8-22(27)9-7-20/h2,4-9,16,24H,3,10-15,17-18H2,1H3,(H2,28,29,32). The average molecular weight is 438 g/mol. The van der Waals surface area contributed by atoms with Crippen LogP contribution in [0.2, 0.25) is 0 Å². The van der Waals surface area contributed by atoms with Gasteiger partial charge in [-0.25, -0.2) is 9.18 Å². The zero-order chi connectivity index (χ0) is 22.6. The number of piperidine rings is 2. The van der Waals surface area contributed by atoms with E-state index < -0.39 is 0 Å². The maximum atomic E-state index is 13.3. The van der Waals surface area contributed by atoms with Gasteiger partial charge in [-0.1, -0.05) is 24.3 Å². The summed E-state index contributed by atoms with van der Waals surface area (Å²) in [6.07, 6.45) is 6.83. The summed E-state index contributed by atoms with van der Waals surface area (Å²) >= 11 is 0. The van der Waals surface area contributed by atoms with Gasteiger partial charge in [0.05, 0.1) is 0 Å². The van der Waals surface area contributed by atoms with Gasteiger partial charge in [0.15, 0.2) is 5.78 Å². The maximum Gasteiger partial charge on any atom is 0.319 e. The average Bonchev–Trinajstić information content (AvgIpc) is 2.79. The smallest absolute Gasteiger partial charge is 0.319 e. The van der Waals surface area contributed by atoms with Crippen LogP contribution in [0.25, 0.3) is 0 Å². The summed E-state index contributed by atoms with van der Waals surface area (Å²) in [6.45, 7) is 4.16. The summed E-state index contributed by atoms with van der Waals surface area (Å²) in [5.74, 6) is -0.203. The molecule has 1 saturated carbocycles. The second kappa shape index (κ2) is 9.82. The number of anilines is 1. The normalized spacial score (nSPS) is 22.5. The molecule has 5 rings (SSSR count). The van der Waals surface area contributed by atoms with Gasteiger partial charge < -0.3 is 10.6 Å². The molecule has 32 heavy (non-hydrogen) atoms.